The van der Waals surface area contributed by atoms with Gasteiger partial charge in [-0.05, 0) is 19.4 Å². The van der Waals surface area contributed by atoms with Crippen LogP contribution in [0.3, 0.4) is 0 Å². The Kier molecular flexibility index (Phi) is 2.17. The minimum absolute atomic E-state index is 0.499. The van der Waals surface area contributed by atoms with Gasteiger partial charge in [-0.3, -0.25) is 5.01 Å². The third kappa shape index (κ3) is 1.24. The molecule has 3 heteroatoms. The lowest BCUT2D eigenvalue weighted by Crippen LogP contribution is -2.41. The highest BCUT2D eigenvalue weighted by Crippen LogP contribution is 2.07. The van der Waals surface area contributed by atoms with Gasteiger partial charge in [0.2, 0.25) is 0 Å². The summed E-state index contributed by atoms with van der Waals surface area (Å²) in [6.45, 7) is 5.17. The highest BCUT2D eigenvalue weighted by atomic mass is 15.6. The minimum atomic E-state index is 0.499. The molecule has 1 atom stereocenters. The van der Waals surface area contributed by atoms with Gasteiger partial charge in [-0.15, -0.1) is 0 Å². The van der Waals surface area contributed by atoms with E-state index >= 15 is 0 Å². The summed E-state index contributed by atoms with van der Waals surface area (Å²) in [7, 11) is 0. The largest absolute Gasteiger partial charge is 0.385 e. The fourth-order valence-electron chi connectivity index (χ4n) is 1.03. The van der Waals surface area contributed by atoms with E-state index in [0.29, 0.717) is 6.04 Å². The van der Waals surface area contributed by atoms with Crippen molar-refractivity contribution in [3.63, 3.8) is 0 Å². The Morgan fingerprint density at radius 1 is 1.90 bits per heavy atom. The van der Waals surface area contributed by atoms with Crippen molar-refractivity contribution in [1.82, 2.24) is 10.4 Å². The van der Waals surface area contributed by atoms with E-state index in [1.807, 2.05) is 11.1 Å². The topological polar surface area (TPSA) is 41.3 Å². The summed E-state index contributed by atoms with van der Waals surface area (Å²) in [5.74, 6) is 0.856. The highest BCUT2D eigenvalue weighted by Gasteiger charge is 2.15. The van der Waals surface area contributed by atoms with Gasteiger partial charge in [-0.1, -0.05) is 6.92 Å². The van der Waals surface area contributed by atoms with Crippen LogP contribution in [0.25, 0.3) is 0 Å². The first kappa shape index (κ1) is 7.41. The summed E-state index contributed by atoms with van der Waals surface area (Å²) >= 11 is 0. The first-order chi connectivity index (χ1) is 4.75. The monoisotopic (exact) mass is 141 g/mol. The third-order valence-electron chi connectivity index (χ3n) is 1.88. The van der Waals surface area contributed by atoms with E-state index in [1.54, 1.807) is 0 Å². The maximum atomic E-state index is 5.68. The maximum Gasteiger partial charge on any atom is 0.111 e. The van der Waals surface area contributed by atoms with Crippen LogP contribution in [0.5, 0.6) is 0 Å². The molecule has 0 unspecified atom stereocenters. The molecule has 0 aromatic heterocycles. The van der Waals surface area contributed by atoms with E-state index in [2.05, 4.69) is 19.3 Å². The molecule has 58 valence electrons. The molecule has 0 saturated heterocycles. The molecule has 0 bridgehead atoms. The van der Waals surface area contributed by atoms with E-state index in [-0.39, 0.29) is 0 Å². The molecule has 0 radical (unpaired) electrons. The second-order valence-electron chi connectivity index (χ2n) is 2.62. The van der Waals surface area contributed by atoms with Crippen molar-refractivity contribution >= 4 is 0 Å². The van der Waals surface area contributed by atoms with Crippen LogP contribution in [-0.4, -0.2) is 17.6 Å². The molecular formula is C7H15N3. The minimum Gasteiger partial charge on any atom is -0.385 e. The SMILES string of the molecule is CC[C@H](C)N1NCC=C1N. The molecule has 3 N–H and O–H groups in total. The Bertz CT molecular complexity index is 142. The lowest BCUT2D eigenvalue weighted by atomic mass is 10.2. The standard InChI is InChI=1S/C7H15N3/c1-3-6(2)10-7(8)4-5-9-10/h4,6,9H,3,5,8H2,1-2H3/t6-/m0/s1. The third-order valence-corrected chi connectivity index (χ3v) is 1.88. The van der Waals surface area contributed by atoms with Crippen molar-refractivity contribution in [2.45, 2.75) is 26.3 Å². The average Bonchev–Trinajstić information content (AvgIpc) is 2.34. The zero-order chi connectivity index (χ0) is 7.56. The number of nitrogens with zero attached hydrogens (tertiary/aromatic N) is 1. The van der Waals surface area contributed by atoms with Crippen molar-refractivity contribution < 1.29 is 0 Å². The first-order valence-corrected chi connectivity index (χ1v) is 3.74. The molecule has 0 aromatic carbocycles. The zero-order valence-electron chi connectivity index (χ0n) is 6.59. The number of hydrazine groups is 1. The van der Waals surface area contributed by atoms with E-state index < -0.39 is 0 Å². The lowest BCUT2D eigenvalue weighted by Gasteiger charge is -2.25. The van der Waals surface area contributed by atoms with Gasteiger partial charge < -0.3 is 5.73 Å². The lowest BCUT2D eigenvalue weighted by molar-refractivity contribution is 0.207. The molecule has 0 fully saturated rings. The molecule has 1 heterocycles. The Morgan fingerprint density at radius 3 is 3.00 bits per heavy atom. The van der Waals surface area contributed by atoms with Crippen LogP contribution >= 0.6 is 0 Å². The summed E-state index contributed by atoms with van der Waals surface area (Å²) in [4.78, 5) is 0. The zero-order valence-corrected chi connectivity index (χ0v) is 6.59. The molecule has 1 aliphatic heterocycles. The number of nitrogens with one attached hydrogen (secondary N) is 1. The number of hydrogen-bond acceptors (Lipinski definition) is 3. The van der Waals surface area contributed by atoms with Crippen molar-refractivity contribution in [2.24, 2.45) is 5.73 Å². The van der Waals surface area contributed by atoms with Gasteiger partial charge in [-0.25, -0.2) is 5.43 Å². The summed E-state index contributed by atoms with van der Waals surface area (Å²) in [6, 6.07) is 0.499. The van der Waals surface area contributed by atoms with Crippen LogP contribution in [0.4, 0.5) is 0 Å². The predicted molar refractivity (Wildman–Crippen MR) is 41.9 cm³/mol. The molecule has 0 spiro atoms. The Hall–Kier alpha value is -0.700. The Labute approximate surface area is 61.9 Å². The molecule has 1 rings (SSSR count). The van der Waals surface area contributed by atoms with E-state index in [4.69, 9.17) is 5.73 Å². The predicted octanol–water partition coefficient (Wildman–Crippen LogP) is 0.405. The van der Waals surface area contributed by atoms with E-state index in [9.17, 15) is 0 Å². The van der Waals surface area contributed by atoms with Gasteiger partial charge in [0.25, 0.3) is 0 Å². The van der Waals surface area contributed by atoms with Gasteiger partial charge in [0, 0.05) is 12.6 Å². The van der Waals surface area contributed by atoms with Crippen LogP contribution in [0.2, 0.25) is 0 Å². The van der Waals surface area contributed by atoms with Crippen molar-refractivity contribution in [3.05, 3.63) is 11.9 Å². The molecule has 10 heavy (non-hydrogen) atoms. The van der Waals surface area contributed by atoms with Gasteiger partial charge in [0.05, 0.1) is 0 Å². The van der Waals surface area contributed by atoms with Gasteiger partial charge >= 0.3 is 0 Å². The second-order valence-corrected chi connectivity index (χ2v) is 2.62. The summed E-state index contributed by atoms with van der Waals surface area (Å²) < 4.78 is 0. The van der Waals surface area contributed by atoms with Crippen LogP contribution in [0, 0.1) is 0 Å². The molecule has 1 aliphatic rings. The molecular weight excluding hydrogens is 126 g/mol. The van der Waals surface area contributed by atoms with Crippen molar-refractivity contribution in [3.8, 4) is 0 Å². The number of nitrogens with two attached hydrogens (primary N) is 1. The molecule has 3 nitrogen and oxygen atoms in total. The fourth-order valence-corrected chi connectivity index (χ4v) is 1.03. The average molecular weight is 141 g/mol. The van der Waals surface area contributed by atoms with E-state index in [0.717, 1.165) is 18.8 Å². The van der Waals surface area contributed by atoms with Crippen molar-refractivity contribution in [1.29, 1.82) is 0 Å². The smallest absolute Gasteiger partial charge is 0.111 e. The first-order valence-electron chi connectivity index (χ1n) is 3.74. The Balaban J connectivity index is 2.49. The van der Waals surface area contributed by atoms with Gasteiger partial charge in [0.1, 0.15) is 5.82 Å². The number of hydrogen-bond donors (Lipinski definition) is 2. The summed E-state index contributed by atoms with van der Waals surface area (Å²) in [6.07, 6.45) is 3.10. The molecule has 0 saturated carbocycles. The van der Waals surface area contributed by atoms with Crippen LogP contribution in [0.15, 0.2) is 11.9 Å². The Morgan fingerprint density at radius 2 is 2.60 bits per heavy atom. The summed E-state index contributed by atoms with van der Waals surface area (Å²) in [5.41, 5.74) is 8.85. The summed E-state index contributed by atoms with van der Waals surface area (Å²) in [5, 5.41) is 2.01. The maximum absolute atomic E-state index is 5.68. The second kappa shape index (κ2) is 2.92. The van der Waals surface area contributed by atoms with Gasteiger partial charge in [-0.2, -0.15) is 0 Å². The molecule has 0 aromatic rings. The molecule has 0 aliphatic carbocycles. The van der Waals surface area contributed by atoms with Crippen LogP contribution < -0.4 is 11.2 Å². The van der Waals surface area contributed by atoms with Crippen molar-refractivity contribution in [2.75, 3.05) is 6.54 Å². The van der Waals surface area contributed by atoms with Crippen LogP contribution in [0.1, 0.15) is 20.3 Å². The quantitative estimate of drug-likeness (QED) is 0.585. The normalized spacial score (nSPS) is 21.0. The fraction of sp³-hybridized carbons (Fsp3) is 0.714. The van der Waals surface area contributed by atoms with E-state index in [1.165, 1.54) is 0 Å². The number of rotatable bonds is 2. The van der Waals surface area contributed by atoms with Crippen LogP contribution in [-0.2, 0) is 0 Å². The highest BCUT2D eigenvalue weighted by molar-refractivity contribution is 5.02. The van der Waals surface area contributed by atoms with Gasteiger partial charge in [0.15, 0.2) is 0 Å². The molecule has 0 amide bonds.